The molecule has 1 N–H and O–H groups in total. The van der Waals surface area contributed by atoms with Crippen LogP contribution in [-0.2, 0) is 4.74 Å². The van der Waals surface area contributed by atoms with Gasteiger partial charge in [0, 0.05) is 18.4 Å². The fourth-order valence-corrected chi connectivity index (χ4v) is 2.18. The zero-order chi connectivity index (χ0) is 14.4. The molecule has 5 heteroatoms. The van der Waals surface area contributed by atoms with E-state index >= 15 is 0 Å². The SMILES string of the molecule is CNCC(=O)c1ccc(OC)c(OC2CCOCC2)c1. The Morgan fingerprint density at radius 3 is 2.75 bits per heavy atom. The van der Waals surface area contributed by atoms with E-state index in [1.165, 1.54) is 0 Å². The van der Waals surface area contributed by atoms with E-state index in [1.54, 1.807) is 32.4 Å². The number of ketones is 1. The van der Waals surface area contributed by atoms with Crippen molar-refractivity contribution in [3.63, 3.8) is 0 Å². The lowest BCUT2D eigenvalue weighted by molar-refractivity contribution is 0.0245. The summed E-state index contributed by atoms with van der Waals surface area (Å²) in [6, 6.07) is 5.29. The van der Waals surface area contributed by atoms with Crippen LogP contribution in [0.5, 0.6) is 11.5 Å². The second-order valence-electron chi connectivity index (χ2n) is 4.75. The van der Waals surface area contributed by atoms with E-state index in [4.69, 9.17) is 14.2 Å². The molecule has 0 aliphatic carbocycles. The first-order valence-electron chi connectivity index (χ1n) is 6.85. The number of likely N-dealkylation sites (N-methyl/N-ethyl adjacent to an activating group) is 1. The zero-order valence-electron chi connectivity index (χ0n) is 12.0. The first-order valence-corrected chi connectivity index (χ1v) is 6.85. The van der Waals surface area contributed by atoms with E-state index < -0.39 is 0 Å². The van der Waals surface area contributed by atoms with Gasteiger partial charge < -0.3 is 19.5 Å². The third kappa shape index (κ3) is 3.71. The maximum Gasteiger partial charge on any atom is 0.176 e. The zero-order valence-corrected chi connectivity index (χ0v) is 12.0. The van der Waals surface area contributed by atoms with Crippen LogP contribution in [0.1, 0.15) is 23.2 Å². The van der Waals surface area contributed by atoms with Gasteiger partial charge in [-0.15, -0.1) is 0 Å². The Labute approximate surface area is 119 Å². The first-order chi connectivity index (χ1) is 9.74. The molecule has 1 aromatic carbocycles. The van der Waals surface area contributed by atoms with Crippen molar-refractivity contribution in [3.05, 3.63) is 23.8 Å². The Kier molecular flexibility index (Phi) is 5.38. The minimum Gasteiger partial charge on any atom is -0.493 e. The summed E-state index contributed by atoms with van der Waals surface area (Å²) in [6.07, 6.45) is 1.84. The van der Waals surface area contributed by atoms with Crippen LogP contribution in [-0.4, -0.2) is 45.8 Å². The summed E-state index contributed by atoms with van der Waals surface area (Å²) in [4.78, 5) is 11.9. The number of rotatable bonds is 6. The molecule has 1 aliphatic rings. The molecular weight excluding hydrogens is 258 g/mol. The molecule has 0 unspecified atom stereocenters. The van der Waals surface area contributed by atoms with Gasteiger partial charge in [0.15, 0.2) is 17.3 Å². The summed E-state index contributed by atoms with van der Waals surface area (Å²) in [5.41, 5.74) is 0.627. The van der Waals surface area contributed by atoms with Gasteiger partial charge in [0.05, 0.1) is 26.9 Å². The number of benzene rings is 1. The lowest BCUT2D eigenvalue weighted by Gasteiger charge is -2.24. The fourth-order valence-electron chi connectivity index (χ4n) is 2.18. The Balaban J connectivity index is 2.15. The van der Waals surface area contributed by atoms with Crippen molar-refractivity contribution in [2.45, 2.75) is 18.9 Å². The quantitative estimate of drug-likeness (QED) is 0.803. The molecule has 0 amide bonds. The standard InChI is InChI=1S/C15H21NO4/c1-16-10-13(17)11-3-4-14(18-2)15(9-11)20-12-5-7-19-8-6-12/h3-4,9,12,16H,5-8,10H2,1-2H3. The minimum atomic E-state index is 0.0342. The Morgan fingerprint density at radius 1 is 1.35 bits per heavy atom. The van der Waals surface area contributed by atoms with Crippen molar-refractivity contribution >= 4 is 5.78 Å². The molecular formula is C15H21NO4. The number of hydrogen-bond donors (Lipinski definition) is 1. The highest BCUT2D eigenvalue weighted by atomic mass is 16.5. The average Bonchev–Trinajstić information content (AvgIpc) is 2.48. The van der Waals surface area contributed by atoms with Crippen molar-refractivity contribution in [2.24, 2.45) is 0 Å². The van der Waals surface area contributed by atoms with Gasteiger partial charge in [0.2, 0.25) is 0 Å². The lowest BCUT2D eigenvalue weighted by Crippen LogP contribution is -2.26. The van der Waals surface area contributed by atoms with E-state index in [9.17, 15) is 4.79 Å². The summed E-state index contributed by atoms with van der Waals surface area (Å²) < 4.78 is 16.6. The molecule has 1 heterocycles. The summed E-state index contributed by atoms with van der Waals surface area (Å²) in [5.74, 6) is 1.31. The van der Waals surface area contributed by atoms with Gasteiger partial charge in [-0.05, 0) is 25.2 Å². The highest BCUT2D eigenvalue weighted by molar-refractivity contribution is 5.98. The molecule has 0 atom stereocenters. The maximum absolute atomic E-state index is 11.9. The summed E-state index contributed by atoms with van der Waals surface area (Å²) in [6.45, 7) is 1.74. The van der Waals surface area contributed by atoms with Crippen LogP contribution >= 0.6 is 0 Å². The normalized spacial score (nSPS) is 15.9. The summed E-state index contributed by atoms with van der Waals surface area (Å²) in [7, 11) is 3.35. The monoisotopic (exact) mass is 279 g/mol. The van der Waals surface area contributed by atoms with Crippen molar-refractivity contribution in [2.75, 3.05) is 33.9 Å². The van der Waals surface area contributed by atoms with Crippen LogP contribution in [0.4, 0.5) is 0 Å². The second kappa shape index (κ2) is 7.26. The molecule has 1 saturated heterocycles. The molecule has 0 aromatic heterocycles. The molecule has 5 nitrogen and oxygen atoms in total. The van der Waals surface area contributed by atoms with Gasteiger partial charge in [-0.1, -0.05) is 0 Å². The number of Topliss-reactive ketones (excluding diaryl/α,β-unsaturated/α-hetero) is 1. The third-order valence-corrected chi connectivity index (χ3v) is 3.28. The molecule has 110 valence electrons. The molecule has 1 fully saturated rings. The molecule has 0 bridgehead atoms. The van der Waals surface area contributed by atoms with Crippen LogP contribution in [0.2, 0.25) is 0 Å². The molecule has 0 spiro atoms. The largest absolute Gasteiger partial charge is 0.493 e. The minimum absolute atomic E-state index is 0.0342. The Bertz CT molecular complexity index is 455. The highest BCUT2D eigenvalue weighted by Crippen LogP contribution is 2.30. The van der Waals surface area contributed by atoms with Crippen LogP contribution in [0, 0.1) is 0 Å². The van der Waals surface area contributed by atoms with Gasteiger partial charge in [-0.3, -0.25) is 4.79 Å². The van der Waals surface area contributed by atoms with Gasteiger partial charge in [-0.2, -0.15) is 0 Å². The first kappa shape index (κ1) is 14.8. The van der Waals surface area contributed by atoms with Crippen LogP contribution < -0.4 is 14.8 Å². The molecule has 20 heavy (non-hydrogen) atoms. The van der Waals surface area contributed by atoms with E-state index in [0.29, 0.717) is 36.8 Å². The van der Waals surface area contributed by atoms with Crippen molar-refractivity contribution in [1.29, 1.82) is 0 Å². The number of nitrogens with one attached hydrogen (secondary N) is 1. The van der Waals surface area contributed by atoms with Gasteiger partial charge in [0.25, 0.3) is 0 Å². The topological polar surface area (TPSA) is 56.8 Å². The van der Waals surface area contributed by atoms with Gasteiger partial charge in [-0.25, -0.2) is 0 Å². The fraction of sp³-hybridized carbons (Fsp3) is 0.533. The maximum atomic E-state index is 11.9. The molecule has 1 aliphatic heterocycles. The van der Waals surface area contributed by atoms with E-state index in [0.717, 1.165) is 12.8 Å². The summed E-state index contributed by atoms with van der Waals surface area (Å²) in [5, 5.41) is 2.86. The van der Waals surface area contributed by atoms with E-state index in [1.807, 2.05) is 0 Å². The summed E-state index contributed by atoms with van der Waals surface area (Å²) >= 11 is 0. The number of methoxy groups -OCH3 is 1. The lowest BCUT2D eigenvalue weighted by atomic mass is 10.1. The van der Waals surface area contributed by atoms with Crippen molar-refractivity contribution < 1.29 is 19.0 Å². The van der Waals surface area contributed by atoms with Crippen LogP contribution in [0.25, 0.3) is 0 Å². The molecule has 0 saturated carbocycles. The van der Waals surface area contributed by atoms with Gasteiger partial charge in [0.1, 0.15) is 6.10 Å². The van der Waals surface area contributed by atoms with Crippen LogP contribution in [0.15, 0.2) is 18.2 Å². The Hall–Kier alpha value is -1.59. The number of carbonyl (C=O) groups is 1. The van der Waals surface area contributed by atoms with Crippen molar-refractivity contribution in [3.8, 4) is 11.5 Å². The average molecular weight is 279 g/mol. The smallest absolute Gasteiger partial charge is 0.176 e. The van der Waals surface area contributed by atoms with E-state index in [2.05, 4.69) is 5.32 Å². The molecule has 2 rings (SSSR count). The third-order valence-electron chi connectivity index (χ3n) is 3.28. The highest BCUT2D eigenvalue weighted by Gasteiger charge is 2.18. The molecule has 0 radical (unpaired) electrons. The molecule has 1 aromatic rings. The number of ether oxygens (including phenoxy) is 3. The number of carbonyl (C=O) groups excluding carboxylic acids is 1. The van der Waals surface area contributed by atoms with E-state index in [-0.39, 0.29) is 11.9 Å². The number of hydrogen-bond acceptors (Lipinski definition) is 5. The second-order valence-corrected chi connectivity index (χ2v) is 4.75. The Morgan fingerprint density at radius 2 is 2.10 bits per heavy atom. The van der Waals surface area contributed by atoms with Crippen LogP contribution in [0.3, 0.4) is 0 Å². The predicted molar refractivity (Wildman–Crippen MR) is 75.7 cm³/mol. The van der Waals surface area contributed by atoms with Gasteiger partial charge >= 0.3 is 0 Å². The predicted octanol–water partition coefficient (Wildman–Crippen LogP) is 1.66. The van der Waals surface area contributed by atoms with Crippen molar-refractivity contribution in [1.82, 2.24) is 5.32 Å².